The summed E-state index contributed by atoms with van der Waals surface area (Å²) in [5.74, 6) is 0.255. The summed E-state index contributed by atoms with van der Waals surface area (Å²) < 4.78 is 5.07. The van der Waals surface area contributed by atoms with Gasteiger partial charge in [0.15, 0.2) is 0 Å². The van der Waals surface area contributed by atoms with E-state index in [0.717, 1.165) is 5.56 Å². The van der Waals surface area contributed by atoms with Gasteiger partial charge in [-0.15, -0.1) is 0 Å². The van der Waals surface area contributed by atoms with Crippen molar-refractivity contribution in [1.82, 2.24) is 0 Å². The standard InChI is InChI=1S/C16H12Cl3NO2/c1-22-15-6-2-10(8-13(15)19)3-7-16(21)20-14-9-11(17)4-5-12(14)18/h2-9H,1H3,(H,20,21)/b7-3+. The van der Waals surface area contributed by atoms with Crippen molar-refractivity contribution in [2.45, 2.75) is 0 Å². The van der Waals surface area contributed by atoms with E-state index in [0.29, 0.717) is 26.5 Å². The Morgan fingerprint density at radius 1 is 1.09 bits per heavy atom. The fourth-order valence-corrected chi connectivity index (χ4v) is 2.33. The number of hydrogen-bond acceptors (Lipinski definition) is 2. The molecule has 1 N–H and O–H groups in total. The molecule has 3 nitrogen and oxygen atoms in total. The number of amides is 1. The SMILES string of the molecule is COc1ccc(/C=C/C(=O)Nc2cc(Cl)ccc2Cl)cc1Cl. The second-order valence-corrected chi connectivity index (χ2v) is 5.59. The normalized spacial score (nSPS) is 10.7. The maximum Gasteiger partial charge on any atom is 0.248 e. The molecular formula is C16H12Cl3NO2. The molecule has 0 fully saturated rings. The minimum absolute atomic E-state index is 0.323. The van der Waals surface area contributed by atoms with Gasteiger partial charge in [-0.05, 0) is 42.0 Å². The van der Waals surface area contributed by atoms with Crippen molar-refractivity contribution in [3.63, 3.8) is 0 Å². The highest BCUT2D eigenvalue weighted by Gasteiger charge is 2.04. The number of rotatable bonds is 4. The van der Waals surface area contributed by atoms with Crippen LogP contribution in [0.3, 0.4) is 0 Å². The van der Waals surface area contributed by atoms with Gasteiger partial charge >= 0.3 is 0 Å². The average Bonchev–Trinajstić information content (AvgIpc) is 2.49. The van der Waals surface area contributed by atoms with Crippen molar-refractivity contribution in [1.29, 1.82) is 0 Å². The summed E-state index contributed by atoms with van der Waals surface area (Å²) in [6.45, 7) is 0. The van der Waals surface area contributed by atoms with Crippen LogP contribution < -0.4 is 10.1 Å². The molecule has 0 saturated carbocycles. The van der Waals surface area contributed by atoms with E-state index in [2.05, 4.69) is 5.32 Å². The number of anilines is 1. The Balaban J connectivity index is 2.08. The first-order chi connectivity index (χ1) is 10.5. The molecule has 0 bridgehead atoms. The average molecular weight is 357 g/mol. The van der Waals surface area contributed by atoms with Crippen molar-refractivity contribution in [2.75, 3.05) is 12.4 Å². The molecule has 2 aromatic rings. The molecular weight excluding hydrogens is 345 g/mol. The Morgan fingerprint density at radius 2 is 1.86 bits per heavy atom. The molecule has 22 heavy (non-hydrogen) atoms. The van der Waals surface area contributed by atoms with Gasteiger partial charge in [0.05, 0.1) is 22.8 Å². The zero-order valence-corrected chi connectivity index (χ0v) is 13.8. The van der Waals surface area contributed by atoms with E-state index in [1.54, 1.807) is 49.6 Å². The van der Waals surface area contributed by atoms with Crippen molar-refractivity contribution >= 4 is 52.5 Å². The number of ether oxygens (including phenoxy) is 1. The number of benzene rings is 2. The number of halogens is 3. The molecule has 0 unspecified atom stereocenters. The molecule has 0 spiro atoms. The minimum atomic E-state index is -0.323. The van der Waals surface area contributed by atoms with Crippen LogP contribution >= 0.6 is 34.8 Å². The van der Waals surface area contributed by atoms with Gasteiger partial charge in [0.25, 0.3) is 0 Å². The predicted octanol–water partition coefficient (Wildman–Crippen LogP) is 5.31. The maximum atomic E-state index is 11.9. The van der Waals surface area contributed by atoms with Crippen molar-refractivity contribution in [3.8, 4) is 5.75 Å². The highest BCUT2D eigenvalue weighted by molar-refractivity contribution is 6.35. The van der Waals surface area contributed by atoms with E-state index in [9.17, 15) is 4.79 Å². The van der Waals surface area contributed by atoms with E-state index in [1.165, 1.54) is 6.08 Å². The smallest absolute Gasteiger partial charge is 0.248 e. The first-order valence-electron chi connectivity index (χ1n) is 6.27. The van der Waals surface area contributed by atoms with Crippen LogP contribution in [-0.2, 0) is 4.79 Å². The Bertz CT molecular complexity index is 729. The fraction of sp³-hybridized carbons (Fsp3) is 0.0625. The van der Waals surface area contributed by atoms with Gasteiger partial charge in [0, 0.05) is 11.1 Å². The van der Waals surface area contributed by atoms with Gasteiger partial charge < -0.3 is 10.1 Å². The number of carbonyl (C=O) groups excluding carboxylic acids is 1. The third-order valence-electron chi connectivity index (χ3n) is 2.79. The lowest BCUT2D eigenvalue weighted by Gasteiger charge is -2.05. The van der Waals surface area contributed by atoms with Crippen LogP contribution in [0.15, 0.2) is 42.5 Å². The molecule has 0 aliphatic rings. The van der Waals surface area contributed by atoms with Crippen LogP contribution in [0.1, 0.15) is 5.56 Å². The Labute approximate surface area is 143 Å². The predicted molar refractivity (Wildman–Crippen MR) is 92.1 cm³/mol. The highest BCUT2D eigenvalue weighted by Crippen LogP contribution is 2.26. The van der Waals surface area contributed by atoms with Crippen LogP contribution in [0.25, 0.3) is 6.08 Å². The first-order valence-corrected chi connectivity index (χ1v) is 7.40. The van der Waals surface area contributed by atoms with Gasteiger partial charge in [0.1, 0.15) is 5.75 Å². The van der Waals surface area contributed by atoms with Gasteiger partial charge in [-0.2, -0.15) is 0 Å². The summed E-state index contributed by atoms with van der Waals surface area (Å²) in [6, 6.07) is 10.1. The molecule has 2 rings (SSSR count). The van der Waals surface area contributed by atoms with Crippen LogP contribution in [0.5, 0.6) is 5.75 Å². The zero-order valence-electron chi connectivity index (χ0n) is 11.6. The molecule has 114 valence electrons. The number of hydrogen-bond donors (Lipinski definition) is 1. The second-order valence-electron chi connectivity index (χ2n) is 4.34. The number of methoxy groups -OCH3 is 1. The number of nitrogens with one attached hydrogen (secondary N) is 1. The van der Waals surface area contributed by atoms with Gasteiger partial charge in [-0.3, -0.25) is 4.79 Å². The highest BCUT2D eigenvalue weighted by atomic mass is 35.5. The maximum absolute atomic E-state index is 11.9. The van der Waals surface area contributed by atoms with Crippen molar-refractivity contribution in [3.05, 3.63) is 63.1 Å². The summed E-state index contributed by atoms with van der Waals surface area (Å²) in [5.41, 5.74) is 1.23. The molecule has 0 atom stereocenters. The molecule has 0 radical (unpaired) electrons. The molecule has 6 heteroatoms. The largest absolute Gasteiger partial charge is 0.495 e. The molecule has 0 aliphatic carbocycles. The summed E-state index contributed by atoms with van der Waals surface area (Å²) in [5, 5.41) is 4.04. The third kappa shape index (κ3) is 4.41. The molecule has 2 aromatic carbocycles. The van der Waals surface area contributed by atoms with E-state index < -0.39 is 0 Å². The molecule has 0 saturated heterocycles. The van der Waals surface area contributed by atoms with E-state index in [1.807, 2.05) is 0 Å². The molecule has 1 amide bonds. The van der Waals surface area contributed by atoms with E-state index >= 15 is 0 Å². The first kappa shape index (κ1) is 16.7. The Hall–Kier alpha value is -1.68. The molecule has 0 aromatic heterocycles. The van der Waals surface area contributed by atoms with Crippen LogP contribution in [-0.4, -0.2) is 13.0 Å². The summed E-state index contributed by atoms with van der Waals surface area (Å²) in [4.78, 5) is 11.9. The van der Waals surface area contributed by atoms with Crippen molar-refractivity contribution < 1.29 is 9.53 Å². The Morgan fingerprint density at radius 3 is 2.55 bits per heavy atom. The summed E-state index contributed by atoms with van der Waals surface area (Å²) in [6.07, 6.45) is 3.02. The van der Waals surface area contributed by atoms with Gasteiger partial charge in [-0.25, -0.2) is 0 Å². The zero-order chi connectivity index (χ0) is 16.1. The van der Waals surface area contributed by atoms with E-state index in [-0.39, 0.29) is 5.91 Å². The van der Waals surface area contributed by atoms with Gasteiger partial charge in [-0.1, -0.05) is 40.9 Å². The monoisotopic (exact) mass is 355 g/mol. The lowest BCUT2D eigenvalue weighted by molar-refractivity contribution is -0.111. The lowest BCUT2D eigenvalue weighted by Crippen LogP contribution is -2.08. The molecule has 0 heterocycles. The van der Waals surface area contributed by atoms with Crippen molar-refractivity contribution in [2.24, 2.45) is 0 Å². The van der Waals surface area contributed by atoms with Crippen LogP contribution in [0.4, 0.5) is 5.69 Å². The number of carbonyl (C=O) groups is 1. The Kier molecular flexibility index (Phi) is 5.72. The van der Waals surface area contributed by atoms with E-state index in [4.69, 9.17) is 39.5 Å². The van der Waals surface area contributed by atoms with Crippen LogP contribution in [0.2, 0.25) is 15.1 Å². The molecule has 0 aliphatic heterocycles. The quantitative estimate of drug-likeness (QED) is 0.754. The second kappa shape index (κ2) is 7.54. The topological polar surface area (TPSA) is 38.3 Å². The summed E-state index contributed by atoms with van der Waals surface area (Å²) in [7, 11) is 1.54. The minimum Gasteiger partial charge on any atom is -0.495 e. The lowest BCUT2D eigenvalue weighted by atomic mass is 10.2. The summed E-state index contributed by atoms with van der Waals surface area (Å²) >= 11 is 17.9. The van der Waals surface area contributed by atoms with Gasteiger partial charge in [0.2, 0.25) is 5.91 Å². The fourth-order valence-electron chi connectivity index (χ4n) is 1.73. The van der Waals surface area contributed by atoms with Crippen LogP contribution in [0, 0.1) is 0 Å². The third-order valence-corrected chi connectivity index (χ3v) is 3.65.